The highest BCUT2D eigenvalue weighted by atomic mass is 32.2. The minimum absolute atomic E-state index is 0.162. The number of rotatable bonds is 7. The van der Waals surface area contributed by atoms with E-state index in [9.17, 15) is 23.3 Å². The van der Waals surface area contributed by atoms with E-state index in [0.717, 1.165) is 16.1 Å². The van der Waals surface area contributed by atoms with E-state index >= 15 is 0 Å². The van der Waals surface area contributed by atoms with Gasteiger partial charge >= 0.3 is 0 Å². The van der Waals surface area contributed by atoms with Gasteiger partial charge in [-0.15, -0.1) is 0 Å². The molecule has 0 atom stereocenters. The van der Waals surface area contributed by atoms with Crippen LogP contribution in [0.3, 0.4) is 0 Å². The van der Waals surface area contributed by atoms with Crippen molar-refractivity contribution in [3.05, 3.63) is 63.7 Å². The van der Waals surface area contributed by atoms with Gasteiger partial charge < -0.3 is 5.32 Å². The van der Waals surface area contributed by atoms with Crippen LogP contribution >= 0.6 is 0 Å². The Hall–Kier alpha value is -2.94. The van der Waals surface area contributed by atoms with Gasteiger partial charge in [0.15, 0.2) is 0 Å². The van der Waals surface area contributed by atoms with Crippen LogP contribution < -0.4 is 9.62 Å². The van der Waals surface area contributed by atoms with E-state index in [1.165, 1.54) is 18.2 Å². The van der Waals surface area contributed by atoms with Crippen LogP contribution in [0.25, 0.3) is 0 Å². The van der Waals surface area contributed by atoms with Crippen LogP contribution in [-0.4, -0.2) is 32.0 Å². The van der Waals surface area contributed by atoms with Crippen molar-refractivity contribution in [2.75, 3.05) is 22.4 Å². The van der Waals surface area contributed by atoms with Crippen LogP contribution in [0.4, 0.5) is 17.1 Å². The van der Waals surface area contributed by atoms with E-state index in [2.05, 4.69) is 5.32 Å². The molecule has 2 aromatic carbocycles. The van der Waals surface area contributed by atoms with Crippen LogP contribution in [0.5, 0.6) is 0 Å². The van der Waals surface area contributed by atoms with Crippen molar-refractivity contribution in [2.24, 2.45) is 0 Å². The molecule has 150 valence electrons. The molecule has 0 heterocycles. The molecular formula is C19H23N3O5S. The first-order valence-electron chi connectivity index (χ1n) is 8.61. The number of hydrogen-bond acceptors (Lipinski definition) is 5. The molecule has 2 aromatic rings. The van der Waals surface area contributed by atoms with Gasteiger partial charge in [0.25, 0.3) is 5.69 Å². The number of carbonyl (C=O) groups is 1. The first-order valence-corrected chi connectivity index (χ1v) is 10.5. The molecule has 0 unspecified atom stereocenters. The second-order valence-corrected chi connectivity index (χ2v) is 8.73. The van der Waals surface area contributed by atoms with Gasteiger partial charge in [-0.1, -0.05) is 32.0 Å². The van der Waals surface area contributed by atoms with Crippen molar-refractivity contribution >= 4 is 33.0 Å². The van der Waals surface area contributed by atoms with Crippen molar-refractivity contribution < 1.29 is 18.1 Å². The number of carbonyl (C=O) groups excluding carboxylic acids is 1. The molecule has 9 heteroatoms. The SMILES string of the molecule is Cc1ccc([N+](=O)[O-])cc1NC(=O)CN(c1ccc(C(C)C)cc1)S(C)(=O)=O. The first-order chi connectivity index (χ1) is 13.0. The minimum Gasteiger partial charge on any atom is -0.324 e. The van der Waals surface area contributed by atoms with Gasteiger partial charge in [-0.3, -0.25) is 19.2 Å². The lowest BCUT2D eigenvalue weighted by molar-refractivity contribution is -0.384. The maximum atomic E-state index is 12.5. The third-order valence-electron chi connectivity index (χ3n) is 4.24. The third kappa shape index (κ3) is 5.29. The average Bonchev–Trinajstić information content (AvgIpc) is 2.60. The molecule has 0 spiro atoms. The lowest BCUT2D eigenvalue weighted by Gasteiger charge is -2.22. The number of nitrogens with one attached hydrogen (secondary N) is 1. The number of benzene rings is 2. The molecule has 2 rings (SSSR count). The Labute approximate surface area is 164 Å². The Morgan fingerprint density at radius 3 is 2.29 bits per heavy atom. The van der Waals surface area contributed by atoms with Crippen molar-refractivity contribution in [3.8, 4) is 0 Å². The molecule has 0 saturated carbocycles. The predicted octanol–water partition coefficient (Wildman–Crippen LogP) is 3.43. The summed E-state index contributed by atoms with van der Waals surface area (Å²) in [6, 6.07) is 11.1. The fourth-order valence-electron chi connectivity index (χ4n) is 2.60. The molecule has 0 bridgehead atoms. The maximum absolute atomic E-state index is 12.5. The number of nitro groups is 1. The molecule has 0 radical (unpaired) electrons. The standard InChI is InChI=1S/C19H23N3O5S/c1-13(2)15-6-9-16(10-7-15)21(28(4,26)27)12-19(23)20-18-11-17(22(24)25)8-5-14(18)3/h5-11,13H,12H2,1-4H3,(H,20,23). The zero-order chi connectivity index (χ0) is 21.1. The van der Waals surface area contributed by atoms with E-state index < -0.39 is 27.4 Å². The molecule has 1 amide bonds. The summed E-state index contributed by atoms with van der Waals surface area (Å²) in [6.07, 6.45) is 1.02. The quantitative estimate of drug-likeness (QED) is 0.560. The maximum Gasteiger partial charge on any atom is 0.271 e. The largest absolute Gasteiger partial charge is 0.324 e. The topological polar surface area (TPSA) is 110 Å². The molecule has 28 heavy (non-hydrogen) atoms. The second kappa shape index (κ2) is 8.39. The molecule has 0 aliphatic carbocycles. The van der Waals surface area contributed by atoms with Crippen molar-refractivity contribution in [1.29, 1.82) is 0 Å². The summed E-state index contributed by atoms with van der Waals surface area (Å²) in [5.74, 6) is -0.303. The van der Waals surface area contributed by atoms with Gasteiger partial charge in [0.2, 0.25) is 15.9 Å². The van der Waals surface area contributed by atoms with Crippen LogP contribution in [-0.2, 0) is 14.8 Å². The molecule has 0 aromatic heterocycles. The predicted molar refractivity (Wildman–Crippen MR) is 109 cm³/mol. The molecule has 0 aliphatic heterocycles. The zero-order valence-electron chi connectivity index (χ0n) is 16.2. The van der Waals surface area contributed by atoms with Gasteiger partial charge in [0.05, 0.1) is 22.6 Å². The van der Waals surface area contributed by atoms with E-state index in [1.807, 2.05) is 26.0 Å². The average molecular weight is 405 g/mol. The Morgan fingerprint density at radius 2 is 1.79 bits per heavy atom. The van der Waals surface area contributed by atoms with Crippen LogP contribution in [0, 0.1) is 17.0 Å². The summed E-state index contributed by atoms with van der Waals surface area (Å²) in [6.45, 7) is 5.30. The van der Waals surface area contributed by atoms with Gasteiger partial charge in [0, 0.05) is 12.1 Å². The van der Waals surface area contributed by atoms with Crippen molar-refractivity contribution in [2.45, 2.75) is 26.7 Å². The smallest absolute Gasteiger partial charge is 0.271 e. The van der Waals surface area contributed by atoms with Gasteiger partial charge in [-0.05, 0) is 36.1 Å². The van der Waals surface area contributed by atoms with Crippen molar-refractivity contribution in [1.82, 2.24) is 0 Å². The molecular weight excluding hydrogens is 382 g/mol. The van der Waals surface area contributed by atoms with E-state index in [-0.39, 0.29) is 11.4 Å². The third-order valence-corrected chi connectivity index (χ3v) is 5.38. The fourth-order valence-corrected chi connectivity index (χ4v) is 3.46. The molecule has 1 N–H and O–H groups in total. The Bertz CT molecular complexity index is 985. The van der Waals surface area contributed by atoms with Crippen molar-refractivity contribution in [3.63, 3.8) is 0 Å². The summed E-state index contributed by atoms with van der Waals surface area (Å²) in [4.78, 5) is 22.8. The highest BCUT2D eigenvalue weighted by Gasteiger charge is 2.22. The number of anilines is 2. The monoisotopic (exact) mass is 405 g/mol. The highest BCUT2D eigenvalue weighted by molar-refractivity contribution is 7.92. The first kappa shape index (κ1) is 21.4. The molecule has 8 nitrogen and oxygen atoms in total. The lowest BCUT2D eigenvalue weighted by Crippen LogP contribution is -2.37. The highest BCUT2D eigenvalue weighted by Crippen LogP contribution is 2.24. The van der Waals surface area contributed by atoms with E-state index in [0.29, 0.717) is 17.2 Å². The van der Waals surface area contributed by atoms with Crippen LogP contribution in [0.2, 0.25) is 0 Å². The zero-order valence-corrected chi connectivity index (χ0v) is 17.0. The lowest BCUT2D eigenvalue weighted by atomic mass is 10.0. The summed E-state index contributed by atoms with van der Waals surface area (Å²) in [5.41, 5.74) is 2.16. The summed E-state index contributed by atoms with van der Waals surface area (Å²) in [5, 5.41) is 13.5. The van der Waals surface area contributed by atoms with Gasteiger partial charge in [0.1, 0.15) is 6.54 Å². The molecule has 0 fully saturated rings. The Balaban J connectivity index is 2.25. The normalized spacial score (nSPS) is 11.3. The summed E-state index contributed by atoms with van der Waals surface area (Å²) < 4.78 is 25.4. The van der Waals surface area contributed by atoms with Gasteiger partial charge in [-0.2, -0.15) is 0 Å². The van der Waals surface area contributed by atoms with Crippen LogP contribution in [0.15, 0.2) is 42.5 Å². The second-order valence-electron chi connectivity index (χ2n) is 6.82. The molecule has 0 saturated heterocycles. The minimum atomic E-state index is -3.71. The Morgan fingerprint density at radius 1 is 1.18 bits per heavy atom. The van der Waals surface area contributed by atoms with Gasteiger partial charge in [-0.25, -0.2) is 8.42 Å². The van der Waals surface area contributed by atoms with E-state index in [1.54, 1.807) is 19.1 Å². The Kier molecular flexibility index (Phi) is 6.40. The fraction of sp³-hybridized carbons (Fsp3) is 0.316. The number of amides is 1. The summed E-state index contributed by atoms with van der Waals surface area (Å²) in [7, 11) is -3.71. The number of nitro benzene ring substituents is 1. The van der Waals surface area contributed by atoms with E-state index in [4.69, 9.17) is 0 Å². The number of non-ortho nitro benzene ring substituents is 1. The summed E-state index contributed by atoms with van der Waals surface area (Å²) >= 11 is 0. The number of nitrogens with zero attached hydrogens (tertiary/aromatic N) is 2. The molecule has 0 aliphatic rings. The van der Waals surface area contributed by atoms with Crippen LogP contribution in [0.1, 0.15) is 30.9 Å². The number of sulfonamides is 1. The number of hydrogen-bond donors (Lipinski definition) is 1. The number of aryl methyl sites for hydroxylation is 1.